The molecule has 0 bridgehead atoms. The van der Waals surface area contributed by atoms with E-state index in [4.69, 9.17) is 5.73 Å². The number of hydrogen-bond donors (Lipinski definition) is 1. The van der Waals surface area contributed by atoms with Crippen molar-refractivity contribution >= 4 is 11.5 Å². The SMILES string of the molecule is CC1=C(C(N)=O)Cc2ncccc21. The Bertz CT molecular complexity index is 407. The third-order valence-electron chi connectivity index (χ3n) is 2.39. The third kappa shape index (κ3) is 1.13. The molecule has 2 rings (SSSR count). The van der Waals surface area contributed by atoms with Crippen LogP contribution in [0.2, 0.25) is 0 Å². The van der Waals surface area contributed by atoms with E-state index in [0.29, 0.717) is 12.0 Å². The van der Waals surface area contributed by atoms with E-state index in [1.165, 1.54) is 0 Å². The zero-order valence-corrected chi connectivity index (χ0v) is 7.37. The van der Waals surface area contributed by atoms with Gasteiger partial charge >= 0.3 is 0 Å². The Labute approximate surface area is 76.3 Å². The zero-order valence-electron chi connectivity index (χ0n) is 7.37. The van der Waals surface area contributed by atoms with Gasteiger partial charge in [-0.05, 0) is 24.1 Å². The van der Waals surface area contributed by atoms with Crippen molar-refractivity contribution in [3.63, 3.8) is 0 Å². The number of carbonyl (C=O) groups excluding carboxylic acids is 1. The lowest BCUT2D eigenvalue weighted by Gasteiger charge is -1.96. The normalized spacial score (nSPS) is 14.5. The number of amides is 1. The van der Waals surface area contributed by atoms with E-state index < -0.39 is 0 Å². The third-order valence-corrected chi connectivity index (χ3v) is 2.39. The lowest BCUT2D eigenvalue weighted by atomic mass is 10.1. The predicted octanol–water partition coefficient (Wildman–Crippen LogP) is 0.897. The molecule has 0 atom stereocenters. The van der Waals surface area contributed by atoms with Crippen LogP contribution < -0.4 is 5.73 Å². The van der Waals surface area contributed by atoms with Crippen molar-refractivity contribution in [3.8, 4) is 0 Å². The summed E-state index contributed by atoms with van der Waals surface area (Å²) in [6, 6.07) is 3.83. The highest BCUT2D eigenvalue weighted by atomic mass is 16.1. The Morgan fingerprint density at radius 1 is 1.62 bits per heavy atom. The van der Waals surface area contributed by atoms with E-state index in [9.17, 15) is 4.79 Å². The standard InChI is InChI=1S/C10H10N2O/c1-6-7-3-2-4-12-9(7)5-8(6)10(11)13/h2-4H,5H2,1H3,(H2,11,13). The summed E-state index contributed by atoms with van der Waals surface area (Å²) in [5.74, 6) is -0.337. The van der Waals surface area contributed by atoms with Gasteiger partial charge in [-0.2, -0.15) is 0 Å². The van der Waals surface area contributed by atoms with Crippen molar-refractivity contribution in [2.24, 2.45) is 5.73 Å². The number of pyridine rings is 1. The first-order valence-electron chi connectivity index (χ1n) is 4.14. The van der Waals surface area contributed by atoms with E-state index in [1.54, 1.807) is 6.20 Å². The first-order chi connectivity index (χ1) is 6.20. The quantitative estimate of drug-likeness (QED) is 0.687. The number of fused-ring (bicyclic) bond motifs is 1. The molecule has 66 valence electrons. The number of allylic oxidation sites excluding steroid dienone is 1. The van der Waals surface area contributed by atoms with Crippen molar-refractivity contribution in [2.45, 2.75) is 13.3 Å². The van der Waals surface area contributed by atoms with Crippen LogP contribution in [0.1, 0.15) is 18.2 Å². The topological polar surface area (TPSA) is 56.0 Å². The highest BCUT2D eigenvalue weighted by Crippen LogP contribution is 2.30. The molecule has 2 N–H and O–H groups in total. The Balaban J connectivity index is 2.53. The summed E-state index contributed by atoms with van der Waals surface area (Å²) < 4.78 is 0. The average molecular weight is 174 g/mol. The minimum absolute atomic E-state index is 0.337. The van der Waals surface area contributed by atoms with Crippen LogP contribution in [0.25, 0.3) is 5.57 Å². The molecular formula is C10H10N2O. The number of nitrogens with two attached hydrogens (primary N) is 1. The summed E-state index contributed by atoms with van der Waals surface area (Å²) in [5, 5.41) is 0. The number of aromatic nitrogens is 1. The largest absolute Gasteiger partial charge is 0.366 e. The first-order valence-corrected chi connectivity index (χ1v) is 4.14. The monoisotopic (exact) mass is 174 g/mol. The lowest BCUT2D eigenvalue weighted by Crippen LogP contribution is -2.14. The highest BCUT2D eigenvalue weighted by molar-refractivity contribution is 6.02. The Morgan fingerprint density at radius 3 is 3.00 bits per heavy atom. The van der Waals surface area contributed by atoms with Gasteiger partial charge in [0.2, 0.25) is 5.91 Å². The Hall–Kier alpha value is -1.64. The summed E-state index contributed by atoms with van der Waals surface area (Å²) in [6.45, 7) is 1.91. The van der Waals surface area contributed by atoms with Gasteiger partial charge in [0.1, 0.15) is 0 Å². The van der Waals surface area contributed by atoms with Gasteiger partial charge < -0.3 is 5.73 Å². The molecule has 1 aromatic rings. The molecule has 1 amide bonds. The fraction of sp³-hybridized carbons (Fsp3) is 0.200. The second kappa shape index (κ2) is 2.69. The van der Waals surface area contributed by atoms with Crippen molar-refractivity contribution in [1.82, 2.24) is 4.98 Å². The average Bonchev–Trinajstić information content (AvgIpc) is 2.45. The van der Waals surface area contributed by atoms with Gasteiger partial charge in [0.15, 0.2) is 0 Å². The van der Waals surface area contributed by atoms with Crippen LogP contribution >= 0.6 is 0 Å². The smallest absolute Gasteiger partial charge is 0.245 e. The molecule has 0 unspecified atom stereocenters. The molecule has 0 radical (unpaired) electrons. The summed E-state index contributed by atoms with van der Waals surface area (Å²) in [7, 11) is 0. The molecule has 3 nitrogen and oxygen atoms in total. The van der Waals surface area contributed by atoms with Gasteiger partial charge in [-0.1, -0.05) is 6.07 Å². The van der Waals surface area contributed by atoms with Crippen LogP contribution in [0.5, 0.6) is 0 Å². The summed E-state index contributed by atoms with van der Waals surface area (Å²) >= 11 is 0. The second-order valence-electron chi connectivity index (χ2n) is 3.14. The van der Waals surface area contributed by atoms with Crippen LogP contribution in [0, 0.1) is 0 Å². The van der Waals surface area contributed by atoms with E-state index in [0.717, 1.165) is 16.8 Å². The van der Waals surface area contributed by atoms with Crippen LogP contribution in [-0.4, -0.2) is 10.9 Å². The molecule has 3 heteroatoms. The summed E-state index contributed by atoms with van der Waals surface area (Å²) in [5.41, 5.74) is 8.90. The van der Waals surface area contributed by atoms with Crippen LogP contribution in [0.3, 0.4) is 0 Å². The maximum Gasteiger partial charge on any atom is 0.245 e. The molecule has 0 aliphatic heterocycles. The van der Waals surface area contributed by atoms with Gasteiger partial charge in [0.25, 0.3) is 0 Å². The summed E-state index contributed by atoms with van der Waals surface area (Å²) in [4.78, 5) is 15.2. The zero-order chi connectivity index (χ0) is 9.42. The minimum Gasteiger partial charge on any atom is -0.366 e. The molecular weight excluding hydrogens is 164 g/mol. The molecule has 1 aliphatic rings. The fourth-order valence-electron chi connectivity index (χ4n) is 1.65. The van der Waals surface area contributed by atoms with E-state index in [-0.39, 0.29) is 5.91 Å². The van der Waals surface area contributed by atoms with Crippen LogP contribution in [0.4, 0.5) is 0 Å². The number of rotatable bonds is 1. The van der Waals surface area contributed by atoms with Crippen molar-refractivity contribution in [3.05, 3.63) is 35.2 Å². The Kier molecular flexibility index (Phi) is 1.65. The molecule has 0 fully saturated rings. The van der Waals surface area contributed by atoms with Crippen LogP contribution in [0.15, 0.2) is 23.9 Å². The molecule has 13 heavy (non-hydrogen) atoms. The highest BCUT2D eigenvalue weighted by Gasteiger charge is 2.21. The molecule has 0 spiro atoms. The molecule has 0 aromatic carbocycles. The van der Waals surface area contributed by atoms with Crippen molar-refractivity contribution in [1.29, 1.82) is 0 Å². The maximum absolute atomic E-state index is 11.0. The summed E-state index contributed by atoms with van der Waals surface area (Å²) in [6.07, 6.45) is 2.31. The lowest BCUT2D eigenvalue weighted by molar-refractivity contribution is -0.114. The molecule has 1 heterocycles. The number of hydrogen-bond acceptors (Lipinski definition) is 2. The van der Waals surface area contributed by atoms with Gasteiger partial charge in [-0.15, -0.1) is 0 Å². The molecule has 1 aromatic heterocycles. The number of nitrogens with zero attached hydrogens (tertiary/aromatic N) is 1. The molecule has 1 aliphatic carbocycles. The minimum atomic E-state index is -0.337. The Morgan fingerprint density at radius 2 is 2.38 bits per heavy atom. The van der Waals surface area contributed by atoms with Crippen LogP contribution in [-0.2, 0) is 11.2 Å². The van der Waals surface area contributed by atoms with Gasteiger partial charge in [-0.3, -0.25) is 9.78 Å². The van der Waals surface area contributed by atoms with Crippen molar-refractivity contribution < 1.29 is 4.79 Å². The molecule has 0 saturated carbocycles. The fourth-order valence-corrected chi connectivity index (χ4v) is 1.65. The van der Waals surface area contributed by atoms with Gasteiger partial charge in [0.05, 0.1) is 5.69 Å². The van der Waals surface area contributed by atoms with Crippen molar-refractivity contribution in [2.75, 3.05) is 0 Å². The van der Waals surface area contributed by atoms with Gasteiger partial charge in [0, 0.05) is 18.2 Å². The first kappa shape index (κ1) is 7.98. The van der Waals surface area contributed by atoms with E-state index in [1.807, 2.05) is 19.1 Å². The number of primary amides is 1. The predicted molar refractivity (Wildman–Crippen MR) is 49.7 cm³/mol. The van der Waals surface area contributed by atoms with E-state index in [2.05, 4.69) is 4.98 Å². The maximum atomic E-state index is 11.0. The second-order valence-corrected chi connectivity index (χ2v) is 3.14. The van der Waals surface area contributed by atoms with Gasteiger partial charge in [-0.25, -0.2) is 0 Å². The number of carbonyl (C=O) groups is 1. The van der Waals surface area contributed by atoms with E-state index >= 15 is 0 Å². The molecule has 0 saturated heterocycles.